The smallest absolute Gasteiger partial charge is 0.416 e. The standard InChI is InChI=1S/C20H20F3N3O4/c1-30-18-5-2-13(8-14(18)10-24)11-25-19(29)16-9-15(20(21,22)23)3-4-17(16)26(12-28)6-7-27/h2-5,8-9,27-28H,6-7,11-12H2,1H3,(H,25,29). The van der Waals surface area contributed by atoms with E-state index in [0.29, 0.717) is 17.4 Å². The molecule has 0 unspecified atom stereocenters. The van der Waals surface area contributed by atoms with E-state index in [9.17, 15) is 23.1 Å². The van der Waals surface area contributed by atoms with E-state index >= 15 is 0 Å². The fraction of sp³-hybridized carbons (Fsp3) is 0.300. The Labute approximate surface area is 170 Å². The van der Waals surface area contributed by atoms with Gasteiger partial charge in [-0.3, -0.25) is 4.79 Å². The van der Waals surface area contributed by atoms with Gasteiger partial charge >= 0.3 is 6.18 Å². The van der Waals surface area contributed by atoms with E-state index < -0.39 is 24.4 Å². The highest BCUT2D eigenvalue weighted by Crippen LogP contribution is 2.33. The highest BCUT2D eigenvalue weighted by atomic mass is 19.4. The van der Waals surface area contributed by atoms with Crippen molar-refractivity contribution < 1.29 is 32.9 Å². The maximum absolute atomic E-state index is 13.1. The Morgan fingerprint density at radius 3 is 2.53 bits per heavy atom. The van der Waals surface area contributed by atoms with E-state index in [1.54, 1.807) is 12.1 Å². The number of amides is 1. The van der Waals surface area contributed by atoms with E-state index in [1.807, 2.05) is 6.07 Å². The molecule has 0 bridgehead atoms. The molecule has 0 saturated heterocycles. The van der Waals surface area contributed by atoms with E-state index in [0.717, 1.165) is 12.1 Å². The fourth-order valence-corrected chi connectivity index (χ4v) is 2.79. The van der Waals surface area contributed by atoms with Gasteiger partial charge in [0, 0.05) is 13.1 Å². The molecule has 0 fully saturated rings. The lowest BCUT2D eigenvalue weighted by Gasteiger charge is -2.24. The van der Waals surface area contributed by atoms with Crippen molar-refractivity contribution in [3.05, 3.63) is 58.7 Å². The molecule has 0 atom stereocenters. The number of nitrogens with zero attached hydrogens (tertiary/aromatic N) is 2. The first-order valence-electron chi connectivity index (χ1n) is 8.78. The van der Waals surface area contributed by atoms with Gasteiger partial charge in [0.25, 0.3) is 5.91 Å². The summed E-state index contributed by atoms with van der Waals surface area (Å²) in [6.07, 6.45) is -4.66. The molecule has 10 heteroatoms. The largest absolute Gasteiger partial charge is 0.495 e. The highest BCUT2D eigenvalue weighted by molar-refractivity contribution is 6.00. The number of carbonyl (C=O) groups excluding carboxylic acids is 1. The van der Waals surface area contributed by atoms with Crippen LogP contribution < -0.4 is 15.0 Å². The number of anilines is 1. The Hall–Kier alpha value is -3.29. The van der Waals surface area contributed by atoms with Crippen LogP contribution in [0, 0.1) is 11.3 Å². The Bertz CT molecular complexity index is 942. The van der Waals surface area contributed by atoms with E-state index in [4.69, 9.17) is 15.1 Å². The summed E-state index contributed by atoms with van der Waals surface area (Å²) in [5.41, 5.74) is -0.484. The molecule has 1 amide bonds. The lowest BCUT2D eigenvalue weighted by atomic mass is 10.1. The summed E-state index contributed by atoms with van der Waals surface area (Å²) in [6.45, 7) is -1.10. The molecule has 0 aliphatic rings. The van der Waals surface area contributed by atoms with Gasteiger partial charge < -0.3 is 25.2 Å². The number of hydrogen-bond donors (Lipinski definition) is 3. The second-order valence-electron chi connectivity index (χ2n) is 6.19. The summed E-state index contributed by atoms with van der Waals surface area (Å²) in [5.74, 6) is -0.447. The number of ether oxygens (including phenoxy) is 1. The highest BCUT2D eigenvalue weighted by Gasteiger charge is 2.32. The number of hydrogen-bond acceptors (Lipinski definition) is 6. The molecule has 0 spiro atoms. The quantitative estimate of drug-likeness (QED) is 0.563. The molecule has 2 rings (SSSR count). The minimum Gasteiger partial charge on any atom is -0.495 e. The first-order chi connectivity index (χ1) is 14.2. The fourth-order valence-electron chi connectivity index (χ4n) is 2.79. The summed E-state index contributed by atoms with van der Waals surface area (Å²) in [7, 11) is 1.41. The molecule has 0 saturated carbocycles. The van der Waals surface area contributed by atoms with Crippen molar-refractivity contribution in [2.75, 3.05) is 31.9 Å². The van der Waals surface area contributed by atoms with Gasteiger partial charge in [0.2, 0.25) is 0 Å². The lowest BCUT2D eigenvalue weighted by Crippen LogP contribution is -2.32. The zero-order chi connectivity index (χ0) is 22.3. The van der Waals surface area contributed by atoms with E-state index in [-0.39, 0.29) is 36.5 Å². The van der Waals surface area contributed by atoms with Gasteiger partial charge in [-0.25, -0.2) is 0 Å². The van der Waals surface area contributed by atoms with Crippen molar-refractivity contribution in [2.24, 2.45) is 0 Å². The van der Waals surface area contributed by atoms with Gasteiger partial charge in [0.15, 0.2) is 0 Å². The second-order valence-corrected chi connectivity index (χ2v) is 6.19. The van der Waals surface area contributed by atoms with Crippen molar-refractivity contribution in [1.82, 2.24) is 5.32 Å². The Morgan fingerprint density at radius 1 is 1.23 bits per heavy atom. The molecule has 7 nitrogen and oxygen atoms in total. The van der Waals surface area contributed by atoms with Gasteiger partial charge in [0.1, 0.15) is 18.5 Å². The predicted octanol–water partition coefficient (Wildman–Crippen LogP) is 2.26. The third kappa shape index (κ3) is 5.40. The van der Waals surface area contributed by atoms with Crippen LogP contribution in [-0.4, -0.2) is 43.1 Å². The lowest BCUT2D eigenvalue weighted by molar-refractivity contribution is -0.137. The van der Waals surface area contributed by atoms with Crippen LogP contribution in [0.1, 0.15) is 27.0 Å². The SMILES string of the molecule is COc1ccc(CNC(=O)c2cc(C(F)(F)F)ccc2N(CO)CCO)cc1C#N. The summed E-state index contributed by atoms with van der Waals surface area (Å²) in [4.78, 5) is 13.9. The minimum atomic E-state index is -4.66. The van der Waals surface area contributed by atoms with Crippen LogP contribution in [0.15, 0.2) is 36.4 Å². The van der Waals surface area contributed by atoms with Crippen molar-refractivity contribution in [1.29, 1.82) is 5.26 Å². The number of rotatable bonds is 8. The van der Waals surface area contributed by atoms with E-state index in [2.05, 4.69) is 5.32 Å². The van der Waals surface area contributed by atoms with Crippen molar-refractivity contribution in [3.63, 3.8) is 0 Å². The molecule has 2 aromatic rings. The number of nitrogens with one attached hydrogen (secondary N) is 1. The molecule has 0 heterocycles. The number of aliphatic hydroxyl groups excluding tert-OH is 2. The number of carbonyl (C=O) groups is 1. The van der Waals surface area contributed by atoms with Crippen molar-refractivity contribution >= 4 is 11.6 Å². The van der Waals surface area contributed by atoms with Gasteiger partial charge in [0.05, 0.1) is 36.1 Å². The number of alkyl halides is 3. The van der Waals surface area contributed by atoms with Gasteiger partial charge in [-0.2, -0.15) is 18.4 Å². The third-order valence-corrected chi connectivity index (χ3v) is 4.29. The summed E-state index contributed by atoms with van der Waals surface area (Å²) < 4.78 is 44.4. The molecule has 0 aliphatic carbocycles. The average molecular weight is 423 g/mol. The Morgan fingerprint density at radius 2 is 1.97 bits per heavy atom. The molecule has 0 aliphatic heterocycles. The zero-order valence-corrected chi connectivity index (χ0v) is 16.0. The number of methoxy groups -OCH3 is 1. The molecular formula is C20H20F3N3O4. The van der Waals surface area contributed by atoms with Crippen LogP contribution >= 0.6 is 0 Å². The maximum Gasteiger partial charge on any atom is 0.416 e. The first-order valence-corrected chi connectivity index (χ1v) is 8.78. The van der Waals surface area contributed by atoms with Crippen molar-refractivity contribution in [3.8, 4) is 11.8 Å². The van der Waals surface area contributed by atoms with Gasteiger partial charge in [-0.1, -0.05) is 6.07 Å². The minimum absolute atomic E-state index is 0.0458. The molecule has 0 radical (unpaired) electrons. The maximum atomic E-state index is 13.1. The topological polar surface area (TPSA) is 106 Å². The normalized spacial score (nSPS) is 11.0. The van der Waals surface area contributed by atoms with Crippen LogP contribution in [0.2, 0.25) is 0 Å². The van der Waals surface area contributed by atoms with Crippen LogP contribution in [-0.2, 0) is 12.7 Å². The van der Waals surface area contributed by atoms with Gasteiger partial charge in [-0.05, 0) is 35.9 Å². The third-order valence-electron chi connectivity index (χ3n) is 4.29. The molecule has 30 heavy (non-hydrogen) atoms. The Balaban J connectivity index is 2.33. The summed E-state index contributed by atoms with van der Waals surface area (Å²) in [6, 6.07) is 9.18. The monoisotopic (exact) mass is 423 g/mol. The zero-order valence-electron chi connectivity index (χ0n) is 16.0. The number of halogens is 3. The number of benzene rings is 2. The van der Waals surface area contributed by atoms with E-state index in [1.165, 1.54) is 18.1 Å². The molecular weight excluding hydrogens is 403 g/mol. The van der Waals surface area contributed by atoms with Crippen LogP contribution in [0.5, 0.6) is 5.75 Å². The number of aliphatic hydroxyl groups is 2. The molecule has 0 aromatic heterocycles. The van der Waals surface area contributed by atoms with Crippen LogP contribution in [0.4, 0.5) is 18.9 Å². The van der Waals surface area contributed by atoms with Crippen LogP contribution in [0.3, 0.4) is 0 Å². The van der Waals surface area contributed by atoms with Crippen LogP contribution in [0.25, 0.3) is 0 Å². The summed E-state index contributed by atoms with van der Waals surface area (Å²) >= 11 is 0. The summed E-state index contributed by atoms with van der Waals surface area (Å²) in [5, 5.41) is 30.3. The van der Waals surface area contributed by atoms with Gasteiger partial charge in [-0.15, -0.1) is 0 Å². The first kappa shape index (κ1) is 23.0. The van der Waals surface area contributed by atoms with Crippen molar-refractivity contribution in [2.45, 2.75) is 12.7 Å². The second kappa shape index (κ2) is 9.96. The molecule has 2 aromatic carbocycles. The Kier molecular flexibility index (Phi) is 7.63. The molecule has 3 N–H and O–H groups in total. The number of nitriles is 1. The average Bonchev–Trinajstić information content (AvgIpc) is 2.74. The molecule has 160 valence electrons. The predicted molar refractivity (Wildman–Crippen MR) is 102 cm³/mol.